The Bertz CT molecular complexity index is 1160. The van der Waals surface area contributed by atoms with Gasteiger partial charge in [0.1, 0.15) is 0 Å². The van der Waals surface area contributed by atoms with Gasteiger partial charge in [0, 0.05) is 29.4 Å². The van der Waals surface area contributed by atoms with E-state index in [1.165, 1.54) is 16.7 Å². The van der Waals surface area contributed by atoms with Crippen molar-refractivity contribution < 1.29 is 9.90 Å². The number of carbonyl (C=O) groups is 1. The highest BCUT2D eigenvalue weighted by molar-refractivity contribution is 5.94. The standard InChI is InChI=1S/C30H34N2O2.C2H6/c1-21-25(10-6-16-31-21)20-32-29(34)24-12-13-28-23(17-24)9-5-11-26-18-27(33)14-15-30(26,28)19-22-7-3-2-4-8-22;1-2/h2-4,6-8,10,12-13,16-17,26-27,33H,5,9,11,14-15,18-20H2,1H3,(H,32,34);1-2H3. The predicted octanol–water partition coefficient (Wildman–Crippen LogP) is 6.32. The maximum atomic E-state index is 13.0. The predicted molar refractivity (Wildman–Crippen MR) is 146 cm³/mol. The molecule has 0 aliphatic heterocycles. The van der Waals surface area contributed by atoms with Crippen LogP contribution in [-0.4, -0.2) is 22.1 Å². The van der Waals surface area contributed by atoms with Gasteiger partial charge in [-0.3, -0.25) is 9.78 Å². The van der Waals surface area contributed by atoms with Crippen molar-refractivity contribution in [2.45, 2.75) is 83.8 Å². The molecule has 4 nitrogen and oxygen atoms in total. The third kappa shape index (κ3) is 5.54. The molecule has 1 fully saturated rings. The summed E-state index contributed by atoms with van der Waals surface area (Å²) in [6.45, 7) is 6.45. The molecule has 2 N–H and O–H groups in total. The van der Waals surface area contributed by atoms with Gasteiger partial charge >= 0.3 is 0 Å². The number of hydrogen-bond acceptors (Lipinski definition) is 3. The van der Waals surface area contributed by atoms with E-state index in [9.17, 15) is 9.90 Å². The van der Waals surface area contributed by atoms with Crippen LogP contribution in [0.3, 0.4) is 0 Å². The minimum absolute atomic E-state index is 0.0221. The fraction of sp³-hybridized carbons (Fsp3) is 0.438. The van der Waals surface area contributed by atoms with E-state index in [4.69, 9.17) is 0 Å². The molecule has 0 spiro atoms. The summed E-state index contributed by atoms with van der Waals surface area (Å²) in [5.74, 6) is 0.425. The van der Waals surface area contributed by atoms with Gasteiger partial charge in [-0.05, 0) is 98.2 Å². The first-order chi connectivity index (χ1) is 17.5. The third-order valence-corrected chi connectivity index (χ3v) is 8.08. The van der Waals surface area contributed by atoms with E-state index in [0.29, 0.717) is 12.5 Å². The number of pyridine rings is 1. The number of benzene rings is 2. The Kier molecular flexibility index (Phi) is 8.58. The summed E-state index contributed by atoms with van der Waals surface area (Å²) in [5, 5.41) is 13.6. The summed E-state index contributed by atoms with van der Waals surface area (Å²) in [4.78, 5) is 17.3. The summed E-state index contributed by atoms with van der Waals surface area (Å²) >= 11 is 0. The number of amides is 1. The Labute approximate surface area is 216 Å². The summed E-state index contributed by atoms with van der Waals surface area (Å²) < 4.78 is 0. The zero-order valence-electron chi connectivity index (χ0n) is 22.0. The fourth-order valence-electron chi connectivity index (χ4n) is 6.29. The second-order valence-electron chi connectivity index (χ2n) is 10.1. The highest BCUT2D eigenvalue weighted by Gasteiger charge is 2.46. The highest BCUT2D eigenvalue weighted by atomic mass is 16.3. The number of rotatable bonds is 5. The average molecular weight is 485 g/mol. The number of aliphatic hydroxyl groups excluding tert-OH is 1. The Morgan fingerprint density at radius 3 is 2.67 bits per heavy atom. The lowest BCUT2D eigenvalue weighted by Crippen LogP contribution is -2.43. The van der Waals surface area contributed by atoms with E-state index in [1.807, 2.05) is 39.0 Å². The molecule has 3 atom stereocenters. The van der Waals surface area contributed by atoms with E-state index in [2.05, 4.69) is 52.8 Å². The normalized spacial score (nSPS) is 22.8. The maximum Gasteiger partial charge on any atom is 0.251 e. The van der Waals surface area contributed by atoms with Gasteiger partial charge in [-0.2, -0.15) is 0 Å². The number of nitrogens with zero attached hydrogens (tertiary/aromatic N) is 1. The van der Waals surface area contributed by atoms with E-state index in [1.54, 1.807) is 6.20 Å². The van der Waals surface area contributed by atoms with Gasteiger partial charge in [0.05, 0.1) is 6.10 Å². The van der Waals surface area contributed by atoms with Crippen LogP contribution in [0.25, 0.3) is 0 Å². The van der Waals surface area contributed by atoms with E-state index in [0.717, 1.165) is 61.8 Å². The van der Waals surface area contributed by atoms with E-state index >= 15 is 0 Å². The van der Waals surface area contributed by atoms with E-state index in [-0.39, 0.29) is 17.4 Å². The summed E-state index contributed by atoms with van der Waals surface area (Å²) in [6, 6.07) is 21.0. The number of nitrogens with one attached hydrogen (secondary N) is 1. The molecule has 3 unspecified atom stereocenters. The van der Waals surface area contributed by atoms with Crippen LogP contribution < -0.4 is 5.32 Å². The quantitative estimate of drug-likeness (QED) is 0.445. The molecule has 190 valence electrons. The van der Waals surface area contributed by atoms with Crippen LogP contribution in [0.5, 0.6) is 0 Å². The number of hydrogen-bond donors (Lipinski definition) is 2. The van der Waals surface area contributed by atoms with Gasteiger partial charge < -0.3 is 10.4 Å². The van der Waals surface area contributed by atoms with Crippen molar-refractivity contribution in [3.05, 3.63) is 100 Å². The molecular formula is C32H40N2O2. The van der Waals surface area contributed by atoms with Gasteiger partial charge in [0.15, 0.2) is 0 Å². The Morgan fingerprint density at radius 1 is 1.08 bits per heavy atom. The molecule has 0 radical (unpaired) electrons. The largest absolute Gasteiger partial charge is 0.393 e. The second-order valence-corrected chi connectivity index (χ2v) is 10.1. The Balaban J connectivity index is 0.00000148. The minimum Gasteiger partial charge on any atom is -0.393 e. The SMILES string of the molecule is CC.Cc1ncccc1CNC(=O)c1ccc2c(c1)CCCC1CC(O)CCC21Cc1ccccc1. The smallest absolute Gasteiger partial charge is 0.251 e. The van der Waals surface area contributed by atoms with Crippen molar-refractivity contribution in [1.29, 1.82) is 0 Å². The van der Waals surface area contributed by atoms with Crippen molar-refractivity contribution in [3.63, 3.8) is 0 Å². The first-order valence-corrected chi connectivity index (χ1v) is 13.6. The molecule has 0 bridgehead atoms. The highest BCUT2D eigenvalue weighted by Crippen LogP contribution is 2.51. The minimum atomic E-state index is -0.198. The number of aliphatic hydroxyl groups is 1. The van der Waals surface area contributed by atoms with Gasteiger partial charge in [-0.25, -0.2) is 0 Å². The number of carbonyl (C=O) groups excluding carboxylic acids is 1. The van der Waals surface area contributed by atoms with Crippen LogP contribution in [0.1, 0.15) is 84.3 Å². The van der Waals surface area contributed by atoms with Crippen molar-refractivity contribution in [1.82, 2.24) is 10.3 Å². The molecule has 2 aliphatic carbocycles. The van der Waals surface area contributed by atoms with Crippen LogP contribution >= 0.6 is 0 Å². The molecule has 1 saturated carbocycles. The maximum absolute atomic E-state index is 13.0. The van der Waals surface area contributed by atoms with Crippen LogP contribution in [0.4, 0.5) is 0 Å². The van der Waals surface area contributed by atoms with Crippen molar-refractivity contribution in [2.24, 2.45) is 5.92 Å². The van der Waals surface area contributed by atoms with Crippen LogP contribution in [0, 0.1) is 12.8 Å². The molecule has 1 heterocycles. The average Bonchev–Trinajstić information content (AvgIpc) is 3.06. The van der Waals surface area contributed by atoms with Crippen LogP contribution in [0.2, 0.25) is 0 Å². The summed E-state index contributed by atoms with van der Waals surface area (Å²) in [7, 11) is 0. The van der Waals surface area contributed by atoms with Crippen molar-refractivity contribution in [2.75, 3.05) is 0 Å². The van der Waals surface area contributed by atoms with Crippen molar-refractivity contribution >= 4 is 5.91 Å². The van der Waals surface area contributed by atoms with Gasteiger partial charge in [0.25, 0.3) is 5.91 Å². The summed E-state index contributed by atoms with van der Waals surface area (Å²) in [6.07, 6.45) is 8.49. The lowest BCUT2D eigenvalue weighted by Gasteiger charge is -2.46. The molecule has 2 aliphatic rings. The molecule has 3 aromatic rings. The number of aryl methyl sites for hydroxylation is 2. The first-order valence-electron chi connectivity index (χ1n) is 13.6. The van der Waals surface area contributed by atoms with Crippen LogP contribution in [-0.2, 0) is 24.8 Å². The number of aromatic nitrogens is 1. The molecule has 1 amide bonds. The third-order valence-electron chi connectivity index (χ3n) is 8.08. The van der Waals surface area contributed by atoms with Gasteiger partial charge in [-0.15, -0.1) is 0 Å². The molecule has 2 aromatic carbocycles. The summed E-state index contributed by atoms with van der Waals surface area (Å²) in [5.41, 5.74) is 6.78. The first kappa shape index (κ1) is 26.1. The monoisotopic (exact) mass is 484 g/mol. The molecule has 1 aromatic heterocycles. The van der Waals surface area contributed by atoms with E-state index < -0.39 is 0 Å². The van der Waals surface area contributed by atoms with Crippen LogP contribution in [0.15, 0.2) is 66.9 Å². The lowest BCUT2D eigenvalue weighted by molar-refractivity contribution is 0.0468. The zero-order valence-corrected chi connectivity index (χ0v) is 22.0. The van der Waals surface area contributed by atoms with Gasteiger partial charge in [-0.1, -0.05) is 56.3 Å². The Morgan fingerprint density at radius 2 is 1.89 bits per heavy atom. The van der Waals surface area contributed by atoms with Crippen molar-refractivity contribution in [3.8, 4) is 0 Å². The Hall–Kier alpha value is -2.98. The number of fused-ring (bicyclic) bond motifs is 3. The molecular weight excluding hydrogens is 444 g/mol. The zero-order chi connectivity index (χ0) is 25.5. The molecule has 5 rings (SSSR count). The second kappa shape index (κ2) is 11.8. The fourth-order valence-corrected chi connectivity index (χ4v) is 6.29. The molecule has 36 heavy (non-hydrogen) atoms. The topological polar surface area (TPSA) is 62.2 Å². The van der Waals surface area contributed by atoms with Gasteiger partial charge in [0.2, 0.25) is 0 Å². The molecule has 0 saturated heterocycles. The lowest BCUT2D eigenvalue weighted by atomic mass is 9.58. The molecule has 4 heteroatoms.